The zero-order valence-corrected chi connectivity index (χ0v) is 11.5. The van der Waals surface area contributed by atoms with Gasteiger partial charge in [-0.3, -0.25) is 0 Å². The molecule has 1 unspecified atom stereocenters. The van der Waals surface area contributed by atoms with Gasteiger partial charge in [-0.15, -0.1) is 0 Å². The third-order valence-corrected chi connectivity index (χ3v) is 3.60. The van der Waals surface area contributed by atoms with E-state index in [1.54, 1.807) is 19.1 Å². The van der Waals surface area contributed by atoms with E-state index in [-0.39, 0.29) is 16.3 Å². The quantitative estimate of drug-likeness (QED) is 0.865. The summed E-state index contributed by atoms with van der Waals surface area (Å²) in [5.41, 5.74) is 0.255. The van der Waals surface area contributed by atoms with Crippen LogP contribution in [0.3, 0.4) is 0 Å². The van der Waals surface area contributed by atoms with Gasteiger partial charge in [0, 0.05) is 12.3 Å². The standard InChI is InChI=1S/C11H14ClNO4S/c1-7(6-18(2,16)17)13-9-5-3-4-8(12)10(9)11(14)15/h3-5,7,13H,6H2,1-2H3,(H,14,15). The van der Waals surface area contributed by atoms with Crippen molar-refractivity contribution in [2.45, 2.75) is 13.0 Å². The molecule has 18 heavy (non-hydrogen) atoms. The van der Waals surface area contributed by atoms with Crippen LogP contribution in [0.25, 0.3) is 0 Å². The fourth-order valence-corrected chi connectivity index (χ4v) is 2.87. The van der Waals surface area contributed by atoms with E-state index in [1.165, 1.54) is 6.07 Å². The van der Waals surface area contributed by atoms with Crippen LogP contribution in [0.2, 0.25) is 5.02 Å². The van der Waals surface area contributed by atoms with Crippen molar-refractivity contribution >= 4 is 33.1 Å². The zero-order valence-electron chi connectivity index (χ0n) is 9.97. The van der Waals surface area contributed by atoms with Gasteiger partial charge in [0.2, 0.25) is 0 Å². The first kappa shape index (κ1) is 14.8. The van der Waals surface area contributed by atoms with Crippen molar-refractivity contribution in [3.8, 4) is 0 Å². The summed E-state index contributed by atoms with van der Waals surface area (Å²) in [4.78, 5) is 11.1. The molecule has 0 saturated carbocycles. The lowest BCUT2D eigenvalue weighted by atomic mass is 10.1. The minimum atomic E-state index is -3.13. The Kier molecular flexibility index (Phi) is 4.59. The summed E-state index contributed by atoms with van der Waals surface area (Å²) >= 11 is 5.80. The molecular formula is C11H14ClNO4S. The number of nitrogens with one attached hydrogen (secondary N) is 1. The fraction of sp³-hybridized carbons (Fsp3) is 0.364. The van der Waals surface area contributed by atoms with Gasteiger partial charge in [0.05, 0.1) is 16.5 Å². The van der Waals surface area contributed by atoms with Crippen LogP contribution < -0.4 is 5.32 Å². The maximum atomic E-state index is 11.1. The molecule has 0 saturated heterocycles. The molecule has 1 atom stereocenters. The Hall–Kier alpha value is -1.27. The summed E-state index contributed by atoms with van der Waals surface area (Å²) < 4.78 is 22.3. The number of carbonyl (C=O) groups is 1. The first-order valence-electron chi connectivity index (χ1n) is 5.17. The first-order valence-corrected chi connectivity index (χ1v) is 7.60. The monoisotopic (exact) mass is 291 g/mol. The lowest BCUT2D eigenvalue weighted by Crippen LogP contribution is -2.26. The Morgan fingerprint density at radius 2 is 2.11 bits per heavy atom. The molecule has 0 bridgehead atoms. The van der Waals surface area contributed by atoms with Gasteiger partial charge in [0.1, 0.15) is 15.4 Å². The van der Waals surface area contributed by atoms with E-state index < -0.39 is 21.8 Å². The van der Waals surface area contributed by atoms with Crippen LogP contribution >= 0.6 is 11.6 Å². The number of sulfone groups is 1. The van der Waals surface area contributed by atoms with Crippen LogP contribution in [-0.2, 0) is 9.84 Å². The molecule has 100 valence electrons. The zero-order chi connectivity index (χ0) is 13.9. The van der Waals surface area contributed by atoms with E-state index in [1.807, 2.05) is 0 Å². The normalized spacial score (nSPS) is 13.1. The molecule has 5 nitrogen and oxygen atoms in total. The number of benzene rings is 1. The second-order valence-electron chi connectivity index (χ2n) is 4.11. The summed E-state index contributed by atoms with van der Waals surface area (Å²) in [6, 6.07) is 4.21. The Balaban J connectivity index is 2.98. The Labute approximate surface area is 111 Å². The highest BCUT2D eigenvalue weighted by Crippen LogP contribution is 2.24. The van der Waals surface area contributed by atoms with Gasteiger partial charge in [-0.25, -0.2) is 13.2 Å². The van der Waals surface area contributed by atoms with Gasteiger partial charge < -0.3 is 10.4 Å². The van der Waals surface area contributed by atoms with Crippen LogP contribution in [0.4, 0.5) is 5.69 Å². The number of carboxylic acid groups (broad SMARTS) is 1. The van der Waals surface area contributed by atoms with Crippen molar-refractivity contribution < 1.29 is 18.3 Å². The lowest BCUT2D eigenvalue weighted by molar-refractivity contribution is 0.0698. The van der Waals surface area contributed by atoms with Crippen molar-refractivity contribution in [1.82, 2.24) is 0 Å². The van der Waals surface area contributed by atoms with E-state index >= 15 is 0 Å². The third kappa shape index (κ3) is 4.19. The van der Waals surface area contributed by atoms with Gasteiger partial charge in [-0.05, 0) is 19.1 Å². The molecule has 7 heteroatoms. The van der Waals surface area contributed by atoms with E-state index in [9.17, 15) is 13.2 Å². The lowest BCUT2D eigenvalue weighted by Gasteiger charge is -2.16. The molecule has 1 aromatic carbocycles. The Morgan fingerprint density at radius 3 is 2.61 bits per heavy atom. The van der Waals surface area contributed by atoms with Crippen LogP contribution in [0.5, 0.6) is 0 Å². The van der Waals surface area contributed by atoms with E-state index in [4.69, 9.17) is 16.7 Å². The second kappa shape index (κ2) is 5.58. The minimum absolute atomic E-state index is 0.0560. The maximum absolute atomic E-state index is 11.1. The largest absolute Gasteiger partial charge is 0.478 e. The third-order valence-electron chi connectivity index (χ3n) is 2.18. The summed E-state index contributed by atoms with van der Waals surface area (Å²) in [5.74, 6) is -1.24. The van der Waals surface area contributed by atoms with Crippen molar-refractivity contribution in [2.24, 2.45) is 0 Å². The molecule has 0 amide bonds. The van der Waals surface area contributed by atoms with Crippen molar-refractivity contribution in [2.75, 3.05) is 17.3 Å². The van der Waals surface area contributed by atoms with Gasteiger partial charge >= 0.3 is 5.97 Å². The number of hydrogen-bond acceptors (Lipinski definition) is 4. The average molecular weight is 292 g/mol. The van der Waals surface area contributed by atoms with Gasteiger partial charge in [0.25, 0.3) is 0 Å². The molecule has 0 aliphatic rings. The van der Waals surface area contributed by atoms with Crippen LogP contribution in [0.15, 0.2) is 18.2 Å². The number of rotatable bonds is 5. The highest BCUT2D eigenvalue weighted by molar-refractivity contribution is 7.90. The molecule has 0 radical (unpaired) electrons. The summed E-state index contributed by atoms with van der Waals surface area (Å²) in [6.45, 7) is 1.66. The predicted molar refractivity (Wildman–Crippen MR) is 71.2 cm³/mol. The van der Waals surface area contributed by atoms with Crippen molar-refractivity contribution in [3.05, 3.63) is 28.8 Å². The number of hydrogen-bond donors (Lipinski definition) is 2. The highest BCUT2D eigenvalue weighted by Gasteiger charge is 2.17. The number of carboxylic acids is 1. The molecule has 2 N–H and O–H groups in total. The SMILES string of the molecule is CC(CS(C)(=O)=O)Nc1cccc(Cl)c1C(=O)O. The Bertz CT molecular complexity index is 556. The molecule has 1 aromatic rings. The Morgan fingerprint density at radius 1 is 1.50 bits per heavy atom. The van der Waals surface area contributed by atoms with E-state index in [0.29, 0.717) is 5.69 Å². The van der Waals surface area contributed by atoms with Gasteiger partial charge in [0.15, 0.2) is 0 Å². The molecular weight excluding hydrogens is 278 g/mol. The smallest absolute Gasteiger partial charge is 0.339 e. The van der Waals surface area contributed by atoms with Crippen molar-refractivity contribution in [3.63, 3.8) is 0 Å². The maximum Gasteiger partial charge on any atom is 0.339 e. The van der Waals surface area contributed by atoms with E-state index in [2.05, 4.69) is 5.32 Å². The number of aromatic carboxylic acids is 1. The summed E-state index contributed by atoms with van der Waals surface area (Å²) in [5, 5.41) is 12.0. The van der Waals surface area contributed by atoms with Crippen LogP contribution in [-0.4, -0.2) is 37.5 Å². The molecule has 0 aliphatic heterocycles. The van der Waals surface area contributed by atoms with Gasteiger partial charge in [-0.1, -0.05) is 17.7 Å². The molecule has 0 spiro atoms. The fourth-order valence-electron chi connectivity index (χ4n) is 1.62. The van der Waals surface area contributed by atoms with Gasteiger partial charge in [-0.2, -0.15) is 0 Å². The highest BCUT2D eigenvalue weighted by atomic mass is 35.5. The first-order chi connectivity index (χ1) is 8.20. The van der Waals surface area contributed by atoms with E-state index in [0.717, 1.165) is 6.26 Å². The summed E-state index contributed by atoms with van der Waals surface area (Å²) in [6.07, 6.45) is 1.13. The number of halogens is 1. The average Bonchev–Trinajstić information content (AvgIpc) is 2.13. The predicted octanol–water partition coefficient (Wildman–Crippen LogP) is 1.88. The topological polar surface area (TPSA) is 83.5 Å². The molecule has 0 aliphatic carbocycles. The second-order valence-corrected chi connectivity index (χ2v) is 6.70. The minimum Gasteiger partial charge on any atom is -0.478 e. The molecule has 1 rings (SSSR count). The summed E-state index contributed by atoms with van der Waals surface area (Å²) in [7, 11) is -3.13. The van der Waals surface area contributed by atoms with Crippen molar-refractivity contribution in [1.29, 1.82) is 0 Å². The molecule has 0 heterocycles. The molecule has 0 fully saturated rings. The number of anilines is 1. The van der Waals surface area contributed by atoms with Crippen LogP contribution in [0, 0.1) is 0 Å². The van der Waals surface area contributed by atoms with Crippen LogP contribution in [0.1, 0.15) is 17.3 Å². The molecule has 0 aromatic heterocycles.